The Labute approximate surface area is 176 Å². The molecule has 170 valence electrons. The molecule has 8 heteroatoms. The lowest BCUT2D eigenvalue weighted by molar-refractivity contribution is -0.196. The van der Waals surface area contributed by atoms with Crippen LogP contribution in [-0.4, -0.2) is 42.8 Å². The summed E-state index contributed by atoms with van der Waals surface area (Å²) < 4.78 is 47.2. The number of halogens is 2. The van der Waals surface area contributed by atoms with E-state index < -0.39 is 24.5 Å². The molecule has 4 saturated carbocycles. The highest BCUT2D eigenvalue weighted by Crippen LogP contribution is 2.61. The molecular formula is C22H32F2O6. The summed E-state index contributed by atoms with van der Waals surface area (Å²) in [6.45, 7) is 9.82. The predicted molar refractivity (Wildman–Crippen MR) is 103 cm³/mol. The molecule has 0 saturated heterocycles. The summed E-state index contributed by atoms with van der Waals surface area (Å²) in [5, 5.41) is 0. The number of esters is 2. The Morgan fingerprint density at radius 1 is 1.03 bits per heavy atom. The van der Waals surface area contributed by atoms with Crippen LogP contribution in [0.4, 0.5) is 8.78 Å². The van der Waals surface area contributed by atoms with Crippen molar-refractivity contribution in [3.8, 4) is 0 Å². The van der Waals surface area contributed by atoms with Crippen molar-refractivity contribution in [3.63, 3.8) is 0 Å². The van der Waals surface area contributed by atoms with E-state index in [2.05, 4.69) is 11.3 Å². The van der Waals surface area contributed by atoms with Crippen molar-refractivity contribution in [1.29, 1.82) is 0 Å². The third-order valence-electron chi connectivity index (χ3n) is 6.22. The van der Waals surface area contributed by atoms with E-state index in [0.717, 1.165) is 32.1 Å². The quantitative estimate of drug-likeness (QED) is 0.424. The second-order valence-corrected chi connectivity index (χ2v) is 10.3. The number of rotatable bonds is 8. The molecule has 4 rings (SSSR count). The van der Waals surface area contributed by atoms with Gasteiger partial charge in [0.05, 0.1) is 6.61 Å². The van der Waals surface area contributed by atoms with Gasteiger partial charge in [-0.15, -0.1) is 0 Å². The molecule has 4 bridgehead atoms. The molecule has 0 aromatic rings. The summed E-state index contributed by atoms with van der Waals surface area (Å²) in [4.78, 5) is 23.2. The van der Waals surface area contributed by atoms with Crippen LogP contribution in [0.5, 0.6) is 0 Å². The van der Waals surface area contributed by atoms with Crippen LogP contribution < -0.4 is 0 Å². The molecule has 0 radical (unpaired) electrons. The zero-order valence-corrected chi connectivity index (χ0v) is 18.2. The van der Waals surface area contributed by atoms with Gasteiger partial charge in [0.1, 0.15) is 11.7 Å². The van der Waals surface area contributed by atoms with Crippen molar-refractivity contribution in [1.82, 2.24) is 0 Å². The fourth-order valence-electron chi connectivity index (χ4n) is 5.56. The summed E-state index contributed by atoms with van der Waals surface area (Å²) >= 11 is 0. The first-order valence-electron chi connectivity index (χ1n) is 10.5. The molecule has 0 aromatic heterocycles. The number of carbonyl (C=O) groups excluding carboxylic acids is 2. The molecule has 6 nitrogen and oxygen atoms in total. The van der Waals surface area contributed by atoms with Crippen LogP contribution in [0.1, 0.15) is 59.8 Å². The summed E-state index contributed by atoms with van der Waals surface area (Å²) in [5.74, 6) is -4.85. The SMILES string of the molecule is C=C(OCC12CC3CC(C1)C(OC(=O)COC(=O)C(C)(F)F)C(C3)C2)OC(C)(C)C. The molecular weight excluding hydrogens is 398 g/mol. The molecule has 0 amide bonds. The van der Waals surface area contributed by atoms with Crippen LogP contribution >= 0.6 is 0 Å². The van der Waals surface area contributed by atoms with Crippen LogP contribution in [0.15, 0.2) is 12.5 Å². The Balaban J connectivity index is 1.53. The molecule has 0 aromatic carbocycles. The third-order valence-corrected chi connectivity index (χ3v) is 6.22. The molecule has 0 N–H and O–H groups in total. The molecule has 30 heavy (non-hydrogen) atoms. The molecule has 0 aliphatic heterocycles. The molecule has 4 aliphatic rings. The predicted octanol–water partition coefficient (Wildman–Crippen LogP) is 4.23. The maximum Gasteiger partial charge on any atom is 0.377 e. The maximum atomic E-state index is 12.9. The van der Waals surface area contributed by atoms with E-state index in [-0.39, 0.29) is 29.0 Å². The van der Waals surface area contributed by atoms with Crippen molar-refractivity contribution < 1.29 is 37.3 Å². The Morgan fingerprint density at radius 3 is 2.17 bits per heavy atom. The van der Waals surface area contributed by atoms with Gasteiger partial charge in [-0.3, -0.25) is 0 Å². The van der Waals surface area contributed by atoms with Crippen molar-refractivity contribution in [2.24, 2.45) is 23.2 Å². The fourth-order valence-corrected chi connectivity index (χ4v) is 5.56. The van der Waals surface area contributed by atoms with Gasteiger partial charge in [-0.05, 0) is 77.2 Å². The normalized spacial score (nSPS) is 32.5. The van der Waals surface area contributed by atoms with Gasteiger partial charge in [-0.25, -0.2) is 9.59 Å². The van der Waals surface area contributed by atoms with Gasteiger partial charge in [0.2, 0.25) is 0 Å². The lowest BCUT2D eigenvalue weighted by Gasteiger charge is -2.59. The number of ether oxygens (including phenoxy) is 4. The minimum atomic E-state index is -3.63. The summed E-state index contributed by atoms with van der Waals surface area (Å²) in [5.41, 5.74) is -0.358. The minimum Gasteiger partial charge on any atom is -0.465 e. The number of hydrogen-bond acceptors (Lipinski definition) is 6. The Bertz CT molecular complexity index is 677. The second kappa shape index (κ2) is 8.00. The molecule has 4 fully saturated rings. The lowest BCUT2D eigenvalue weighted by atomic mass is 9.49. The Hall–Kier alpha value is -1.86. The van der Waals surface area contributed by atoms with Gasteiger partial charge in [-0.2, -0.15) is 8.78 Å². The van der Waals surface area contributed by atoms with E-state index in [1.54, 1.807) is 0 Å². The first kappa shape index (κ1) is 22.8. The summed E-state index contributed by atoms with van der Waals surface area (Å²) in [6, 6.07) is 0. The van der Waals surface area contributed by atoms with Crippen molar-refractivity contribution in [3.05, 3.63) is 12.5 Å². The van der Waals surface area contributed by atoms with E-state index in [9.17, 15) is 18.4 Å². The molecule has 0 spiro atoms. The largest absolute Gasteiger partial charge is 0.465 e. The summed E-state index contributed by atoms with van der Waals surface area (Å²) in [7, 11) is 0. The third kappa shape index (κ3) is 5.43. The maximum absolute atomic E-state index is 12.9. The van der Waals surface area contributed by atoms with E-state index in [1.807, 2.05) is 20.8 Å². The first-order chi connectivity index (χ1) is 13.8. The lowest BCUT2D eigenvalue weighted by Crippen LogP contribution is -2.56. The number of carbonyl (C=O) groups is 2. The van der Waals surface area contributed by atoms with E-state index in [0.29, 0.717) is 25.4 Å². The zero-order valence-electron chi connectivity index (χ0n) is 18.2. The van der Waals surface area contributed by atoms with Gasteiger partial charge in [0, 0.05) is 12.3 Å². The highest BCUT2D eigenvalue weighted by atomic mass is 19.3. The monoisotopic (exact) mass is 430 g/mol. The van der Waals surface area contributed by atoms with Crippen LogP contribution in [0.3, 0.4) is 0 Å². The van der Waals surface area contributed by atoms with Crippen LogP contribution in [-0.2, 0) is 28.5 Å². The highest BCUT2D eigenvalue weighted by molar-refractivity contribution is 5.80. The second-order valence-electron chi connectivity index (χ2n) is 10.3. The van der Waals surface area contributed by atoms with Crippen LogP contribution in [0.25, 0.3) is 0 Å². The van der Waals surface area contributed by atoms with Gasteiger partial charge in [-0.1, -0.05) is 0 Å². The topological polar surface area (TPSA) is 71.1 Å². The van der Waals surface area contributed by atoms with Crippen molar-refractivity contribution in [2.45, 2.75) is 77.4 Å². The summed E-state index contributed by atoms with van der Waals surface area (Å²) in [6.07, 6.45) is 4.50. The minimum absolute atomic E-state index is 0.0142. The average Bonchev–Trinajstić information content (AvgIpc) is 2.58. The van der Waals surface area contributed by atoms with E-state index >= 15 is 0 Å². The van der Waals surface area contributed by atoms with Crippen molar-refractivity contribution >= 4 is 11.9 Å². The van der Waals surface area contributed by atoms with Crippen molar-refractivity contribution in [2.75, 3.05) is 13.2 Å². The average molecular weight is 430 g/mol. The number of hydrogen-bond donors (Lipinski definition) is 0. The molecule has 4 aliphatic carbocycles. The number of alkyl halides is 2. The van der Waals surface area contributed by atoms with Gasteiger partial charge in [0.15, 0.2) is 6.61 Å². The van der Waals surface area contributed by atoms with E-state index in [4.69, 9.17) is 14.2 Å². The van der Waals surface area contributed by atoms with E-state index in [1.165, 1.54) is 0 Å². The Kier molecular flexibility index (Phi) is 6.09. The standard InChI is InChI=1S/C22H32F2O6/c1-13(30-20(2,3)4)28-12-22-8-14-6-15(9-22)18(16(7-14)10-22)29-17(25)11-27-19(26)21(5,23)24/h14-16,18H,1,6-12H2,2-5H3. The smallest absolute Gasteiger partial charge is 0.377 e. The van der Waals surface area contributed by atoms with Gasteiger partial charge < -0.3 is 18.9 Å². The van der Waals surface area contributed by atoms with Gasteiger partial charge in [0.25, 0.3) is 5.95 Å². The first-order valence-corrected chi connectivity index (χ1v) is 10.5. The Morgan fingerprint density at radius 2 is 1.63 bits per heavy atom. The zero-order chi connectivity index (χ0) is 22.3. The molecule has 0 heterocycles. The van der Waals surface area contributed by atoms with Gasteiger partial charge >= 0.3 is 17.9 Å². The van der Waals surface area contributed by atoms with Crippen LogP contribution in [0, 0.1) is 23.2 Å². The van der Waals surface area contributed by atoms with Crippen LogP contribution in [0.2, 0.25) is 0 Å². The fraction of sp³-hybridized carbons (Fsp3) is 0.818. The molecule has 2 unspecified atom stereocenters. The molecule has 2 atom stereocenters. The highest BCUT2D eigenvalue weighted by Gasteiger charge is 2.57.